The van der Waals surface area contributed by atoms with Crippen LogP contribution in [-0.2, 0) is 31.4 Å². The number of benzene rings is 2. The molecule has 0 bridgehead atoms. The Morgan fingerprint density at radius 2 is 1.59 bits per heavy atom. The molecule has 1 atom stereocenters. The van der Waals surface area contributed by atoms with Crippen molar-refractivity contribution >= 4 is 27.3 Å². The highest BCUT2D eigenvalue weighted by Gasteiger charge is 2.71. The Morgan fingerprint density at radius 3 is 2.10 bits per heavy atom. The standard InChI is InChI=1S/C25H24F6N2O5S/c1-2-39(37,38)18-9-10-19-15(13-18)11-12-33(22(35)14-3-4-14)20(19)21(34)32-17-7-5-16(6-8-17)23(36,24(26,27)28)25(29,30)31/h5-10,13-14,20,36H,2-4,11-12H2,1H3,(H,32,34). The number of alkyl halides is 6. The normalized spacial score (nSPS) is 18.5. The van der Waals surface area contributed by atoms with Crippen LogP contribution in [0.2, 0.25) is 0 Å². The smallest absolute Gasteiger partial charge is 0.369 e. The summed E-state index contributed by atoms with van der Waals surface area (Å²) in [5, 5.41) is 12.0. The Hall–Kier alpha value is -3.13. The van der Waals surface area contributed by atoms with Crippen molar-refractivity contribution in [3.8, 4) is 0 Å². The van der Waals surface area contributed by atoms with Crippen molar-refractivity contribution in [1.29, 1.82) is 0 Å². The van der Waals surface area contributed by atoms with Gasteiger partial charge in [0, 0.05) is 23.7 Å². The van der Waals surface area contributed by atoms with Crippen LogP contribution in [0.5, 0.6) is 0 Å². The first-order valence-corrected chi connectivity index (χ1v) is 13.6. The van der Waals surface area contributed by atoms with Gasteiger partial charge in [-0.2, -0.15) is 26.3 Å². The SMILES string of the molecule is CCS(=O)(=O)c1ccc2c(c1)CCN(C(=O)C1CC1)C2C(=O)Nc1ccc(C(O)(C(F)(F)F)C(F)(F)F)cc1. The van der Waals surface area contributed by atoms with Gasteiger partial charge in [0.2, 0.25) is 5.91 Å². The highest BCUT2D eigenvalue weighted by molar-refractivity contribution is 7.91. The first-order chi connectivity index (χ1) is 18.0. The van der Waals surface area contributed by atoms with Crippen LogP contribution < -0.4 is 5.32 Å². The van der Waals surface area contributed by atoms with E-state index in [0.29, 0.717) is 36.1 Å². The molecule has 2 aromatic carbocycles. The van der Waals surface area contributed by atoms with Crippen LogP contribution in [0.25, 0.3) is 0 Å². The van der Waals surface area contributed by atoms with Crippen molar-refractivity contribution in [1.82, 2.24) is 4.90 Å². The van der Waals surface area contributed by atoms with E-state index in [1.54, 1.807) is 0 Å². The predicted molar refractivity (Wildman–Crippen MR) is 126 cm³/mol. The Labute approximate surface area is 219 Å². The first kappa shape index (κ1) is 28.9. The van der Waals surface area contributed by atoms with Crippen LogP contribution in [0, 0.1) is 5.92 Å². The zero-order valence-corrected chi connectivity index (χ0v) is 21.3. The molecule has 2 aromatic rings. The minimum atomic E-state index is -6.06. The van der Waals surface area contributed by atoms with E-state index in [4.69, 9.17) is 0 Å². The summed E-state index contributed by atoms with van der Waals surface area (Å²) in [5.74, 6) is -1.47. The molecule has 1 fully saturated rings. The molecule has 2 amide bonds. The summed E-state index contributed by atoms with van der Waals surface area (Å²) in [4.78, 5) is 27.8. The number of carbonyl (C=O) groups excluding carboxylic acids is 2. The van der Waals surface area contributed by atoms with Gasteiger partial charge < -0.3 is 15.3 Å². The number of nitrogens with zero attached hydrogens (tertiary/aromatic N) is 1. The van der Waals surface area contributed by atoms with Crippen LogP contribution in [-0.4, -0.2) is 54.9 Å². The minimum absolute atomic E-state index is 0.0577. The number of hydrogen-bond donors (Lipinski definition) is 2. The van der Waals surface area contributed by atoms with Gasteiger partial charge in [0.15, 0.2) is 9.84 Å². The van der Waals surface area contributed by atoms with Crippen LogP contribution in [0.15, 0.2) is 47.4 Å². The lowest BCUT2D eigenvalue weighted by Gasteiger charge is -2.37. The number of aliphatic hydroxyl groups is 1. The number of sulfone groups is 1. The van der Waals surface area contributed by atoms with Crippen molar-refractivity contribution in [2.75, 3.05) is 17.6 Å². The largest absolute Gasteiger partial charge is 0.430 e. The van der Waals surface area contributed by atoms with Crippen molar-refractivity contribution in [3.05, 3.63) is 59.2 Å². The van der Waals surface area contributed by atoms with Gasteiger partial charge in [-0.15, -0.1) is 0 Å². The summed E-state index contributed by atoms with van der Waals surface area (Å²) in [6.07, 6.45) is -10.5. The summed E-state index contributed by atoms with van der Waals surface area (Å²) in [6.45, 7) is 1.59. The van der Waals surface area contributed by atoms with Crippen molar-refractivity contribution in [2.45, 2.75) is 55.1 Å². The summed E-state index contributed by atoms with van der Waals surface area (Å²) in [7, 11) is -3.55. The Morgan fingerprint density at radius 1 is 1.00 bits per heavy atom. The zero-order valence-electron chi connectivity index (χ0n) is 20.4. The van der Waals surface area contributed by atoms with E-state index in [9.17, 15) is 49.5 Å². The second kappa shape index (κ2) is 9.81. The Kier molecular flexibility index (Phi) is 7.26. The van der Waals surface area contributed by atoms with Crippen LogP contribution in [0.1, 0.15) is 42.5 Å². The number of rotatable bonds is 6. The van der Waals surface area contributed by atoms with E-state index in [1.807, 2.05) is 0 Å². The summed E-state index contributed by atoms with van der Waals surface area (Å²) in [5.41, 5.74) is -5.89. The molecule has 2 N–H and O–H groups in total. The lowest BCUT2D eigenvalue weighted by atomic mass is 9.91. The zero-order chi connectivity index (χ0) is 29.0. The molecule has 4 rings (SSSR count). The molecule has 0 aromatic heterocycles. The average molecular weight is 579 g/mol. The fourth-order valence-corrected chi connectivity index (χ4v) is 5.47. The first-order valence-electron chi connectivity index (χ1n) is 11.9. The van der Waals surface area contributed by atoms with Gasteiger partial charge in [-0.25, -0.2) is 8.42 Å². The molecule has 39 heavy (non-hydrogen) atoms. The van der Waals surface area contributed by atoms with E-state index in [-0.39, 0.29) is 41.1 Å². The number of halogens is 6. The van der Waals surface area contributed by atoms with Gasteiger partial charge in [-0.3, -0.25) is 9.59 Å². The van der Waals surface area contributed by atoms with E-state index in [2.05, 4.69) is 5.32 Å². The van der Waals surface area contributed by atoms with Gasteiger partial charge in [-0.1, -0.05) is 25.1 Å². The molecule has 1 aliphatic heterocycles. The maximum absolute atomic E-state index is 13.4. The third-order valence-corrected chi connectivity index (χ3v) is 8.66. The maximum Gasteiger partial charge on any atom is 0.430 e. The van der Waals surface area contributed by atoms with E-state index in [0.717, 1.165) is 12.1 Å². The fraction of sp³-hybridized carbons (Fsp3) is 0.440. The van der Waals surface area contributed by atoms with Gasteiger partial charge >= 0.3 is 12.4 Å². The highest BCUT2D eigenvalue weighted by Crippen LogP contribution is 2.50. The van der Waals surface area contributed by atoms with Gasteiger partial charge in [0.1, 0.15) is 6.04 Å². The number of anilines is 1. The minimum Gasteiger partial charge on any atom is -0.369 e. The number of fused-ring (bicyclic) bond motifs is 1. The molecular formula is C25H24F6N2O5S. The predicted octanol–water partition coefficient (Wildman–Crippen LogP) is 4.27. The maximum atomic E-state index is 13.4. The highest BCUT2D eigenvalue weighted by atomic mass is 32.2. The molecular weight excluding hydrogens is 554 g/mol. The fourth-order valence-electron chi connectivity index (χ4n) is 4.54. The van der Waals surface area contributed by atoms with Crippen LogP contribution in [0.3, 0.4) is 0 Å². The topological polar surface area (TPSA) is 104 Å². The number of nitrogens with one attached hydrogen (secondary N) is 1. The molecule has 1 unspecified atom stereocenters. The second-order valence-electron chi connectivity index (χ2n) is 9.50. The molecule has 14 heteroatoms. The van der Waals surface area contributed by atoms with Crippen LogP contribution >= 0.6 is 0 Å². The van der Waals surface area contributed by atoms with E-state index < -0.39 is 45.3 Å². The van der Waals surface area contributed by atoms with Crippen LogP contribution in [0.4, 0.5) is 32.0 Å². The van der Waals surface area contributed by atoms with Gasteiger partial charge in [0.05, 0.1) is 10.6 Å². The van der Waals surface area contributed by atoms with Gasteiger partial charge in [0.25, 0.3) is 11.5 Å². The quantitative estimate of drug-likeness (QED) is 0.499. The molecule has 1 saturated carbocycles. The molecule has 2 aliphatic rings. The number of amides is 2. The Balaban J connectivity index is 1.66. The second-order valence-corrected chi connectivity index (χ2v) is 11.8. The Bertz CT molecular complexity index is 1370. The third-order valence-electron chi connectivity index (χ3n) is 6.93. The molecule has 0 spiro atoms. The molecule has 0 radical (unpaired) electrons. The molecule has 1 heterocycles. The van der Waals surface area contributed by atoms with E-state index >= 15 is 0 Å². The van der Waals surface area contributed by atoms with Crippen molar-refractivity contribution in [3.63, 3.8) is 0 Å². The van der Waals surface area contributed by atoms with Gasteiger partial charge in [-0.05, 0) is 54.7 Å². The lowest BCUT2D eigenvalue weighted by Crippen LogP contribution is -2.53. The molecule has 1 aliphatic carbocycles. The lowest BCUT2D eigenvalue weighted by molar-refractivity contribution is -0.376. The number of hydrogen-bond acceptors (Lipinski definition) is 5. The summed E-state index contributed by atoms with van der Waals surface area (Å²) in [6, 6.07) is 5.37. The van der Waals surface area contributed by atoms with Crippen molar-refractivity contribution in [2.24, 2.45) is 5.92 Å². The van der Waals surface area contributed by atoms with E-state index in [1.165, 1.54) is 30.0 Å². The average Bonchev–Trinajstić information content (AvgIpc) is 3.71. The summed E-state index contributed by atoms with van der Waals surface area (Å²) < 4.78 is 104. The molecule has 0 saturated heterocycles. The number of carbonyl (C=O) groups is 2. The molecule has 7 nitrogen and oxygen atoms in total. The van der Waals surface area contributed by atoms with Crippen molar-refractivity contribution < 1.29 is 49.5 Å². The summed E-state index contributed by atoms with van der Waals surface area (Å²) >= 11 is 0. The third kappa shape index (κ3) is 5.23. The monoisotopic (exact) mass is 578 g/mol. The molecule has 212 valence electrons.